The van der Waals surface area contributed by atoms with Gasteiger partial charge in [-0.2, -0.15) is 0 Å². The van der Waals surface area contributed by atoms with Crippen LogP contribution in [0, 0.1) is 11.3 Å². The smallest absolute Gasteiger partial charge is 0.00420 e. The van der Waals surface area contributed by atoms with Gasteiger partial charge in [-0.25, -0.2) is 0 Å². The van der Waals surface area contributed by atoms with Crippen LogP contribution in [0.3, 0.4) is 0 Å². The van der Waals surface area contributed by atoms with Gasteiger partial charge in [0.1, 0.15) is 0 Å². The summed E-state index contributed by atoms with van der Waals surface area (Å²) in [5.41, 5.74) is 6.33. The molecule has 0 saturated heterocycles. The molecule has 1 rings (SSSR count). The van der Waals surface area contributed by atoms with Crippen molar-refractivity contribution in [2.45, 2.75) is 52.5 Å². The normalized spacial score (nSPS) is 28.3. The second-order valence-electron chi connectivity index (χ2n) is 5.59. The summed E-state index contributed by atoms with van der Waals surface area (Å²) in [5, 5.41) is 3.58. The van der Waals surface area contributed by atoms with Crippen molar-refractivity contribution in [3.05, 3.63) is 0 Å². The second-order valence-corrected chi connectivity index (χ2v) is 5.59. The molecule has 2 atom stereocenters. The van der Waals surface area contributed by atoms with Crippen LogP contribution in [0.2, 0.25) is 0 Å². The first-order valence-corrected chi connectivity index (χ1v) is 6.00. The standard InChI is InChI=1S/C12H26N2/c1-4-12(2,3)9-14-8-10-5-6-11(13)7-10/h10-11,14H,4-9,13H2,1-3H3. The van der Waals surface area contributed by atoms with Crippen LogP contribution in [0.25, 0.3) is 0 Å². The molecule has 2 unspecified atom stereocenters. The maximum atomic E-state index is 5.88. The van der Waals surface area contributed by atoms with Gasteiger partial charge in [0.25, 0.3) is 0 Å². The molecule has 0 bridgehead atoms. The zero-order valence-corrected chi connectivity index (χ0v) is 9.97. The van der Waals surface area contributed by atoms with E-state index in [9.17, 15) is 0 Å². The molecule has 1 aliphatic rings. The maximum absolute atomic E-state index is 5.88. The van der Waals surface area contributed by atoms with Crippen LogP contribution in [-0.4, -0.2) is 19.1 Å². The summed E-state index contributed by atoms with van der Waals surface area (Å²) in [4.78, 5) is 0. The van der Waals surface area contributed by atoms with E-state index in [4.69, 9.17) is 5.73 Å². The van der Waals surface area contributed by atoms with Gasteiger partial charge in [0.05, 0.1) is 0 Å². The predicted octanol–water partition coefficient (Wildman–Crippen LogP) is 2.14. The summed E-state index contributed by atoms with van der Waals surface area (Å²) in [5.74, 6) is 0.831. The highest BCUT2D eigenvalue weighted by Crippen LogP contribution is 2.24. The molecule has 2 nitrogen and oxygen atoms in total. The topological polar surface area (TPSA) is 38.0 Å². The average Bonchev–Trinajstić information content (AvgIpc) is 2.51. The van der Waals surface area contributed by atoms with Crippen molar-refractivity contribution >= 4 is 0 Å². The Labute approximate surface area is 88.6 Å². The first-order chi connectivity index (χ1) is 6.53. The highest BCUT2D eigenvalue weighted by atomic mass is 14.9. The van der Waals surface area contributed by atoms with E-state index in [0.29, 0.717) is 11.5 Å². The predicted molar refractivity (Wildman–Crippen MR) is 62.3 cm³/mol. The largest absolute Gasteiger partial charge is 0.328 e. The number of nitrogens with one attached hydrogen (secondary N) is 1. The van der Waals surface area contributed by atoms with Crippen LogP contribution < -0.4 is 11.1 Å². The minimum Gasteiger partial charge on any atom is -0.328 e. The van der Waals surface area contributed by atoms with E-state index in [1.807, 2.05) is 0 Å². The first-order valence-electron chi connectivity index (χ1n) is 6.00. The molecule has 0 heterocycles. The lowest BCUT2D eigenvalue weighted by Gasteiger charge is -2.24. The van der Waals surface area contributed by atoms with Gasteiger partial charge in [-0.05, 0) is 43.6 Å². The number of hydrogen-bond donors (Lipinski definition) is 2. The minimum atomic E-state index is 0.445. The monoisotopic (exact) mass is 198 g/mol. The molecule has 0 aromatic rings. The summed E-state index contributed by atoms with van der Waals surface area (Å²) >= 11 is 0. The van der Waals surface area contributed by atoms with Crippen molar-refractivity contribution in [1.82, 2.24) is 5.32 Å². The summed E-state index contributed by atoms with van der Waals surface area (Å²) in [7, 11) is 0. The van der Waals surface area contributed by atoms with Gasteiger partial charge in [-0.1, -0.05) is 20.8 Å². The lowest BCUT2D eigenvalue weighted by molar-refractivity contribution is 0.316. The van der Waals surface area contributed by atoms with Gasteiger partial charge >= 0.3 is 0 Å². The molecule has 0 aromatic heterocycles. The fraction of sp³-hybridized carbons (Fsp3) is 1.00. The Bertz CT molecular complexity index is 166. The van der Waals surface area contributed by atoms with Crippen molar-refractivity contribution in [1.29, 1.82) is 0 Å². The average molecular weight is 198 g/mol. The van der Waals surface area contributed by atoms with Gasteiger partial charge in [0, 0.05) is 12.6 Å². The highest BCUT2D eigenvalue weighted by Gasteiger charge is 2.22. The summed E-state index contributed by atoms with van der Waals surface area (Å²) < 4.78 is 0. The zero-order valence-electron chi connectivity index (χ0n) is 9.97. The molecule has 84 valence electrons. The minimum absolute atomic E-state index is 0.445. The lowest BCUT2D eigenvalue weighted by Crippen LogP contribution is -2.32. The third-order valence-corrected chi connectivity index (χ3v) is 3.58. The fourth-order valence-electron chi connectivity index (χ4n) is 2.04. The summed E-state index contributed by atoms with van der Waals surface area (Å²) in [6.07, 6.45) is 5.01. The Morgan fingerprint density at radius 1 is 1.36 bits per heavy atom. The Hall–Kier alpha value is -0.0800. The molecule has 1 saturated carbocycles. The van der Waals surface area contributed by atoms with Gasteiger partial charge in [-0.3, -0.25) is 0 Å². The van der Waals surface area contributed by atoms with E-state index >= 15 is 0 Å². The fourth-order valence-corrected chi connectivity index (χ4v) is 2.04. The molecular weight excluding hydrogens is 172 g/mol. The highest BCUT2D eigenvalue weighted by molar-refractivity contribution is 4.80. The van der Waals surface area contributed by atoms with Crippen molar-refractivity contribution in [2.24, 2.45) is 17.1 Å². The van der Waals surface area contributed by atoms with Gasteiger partial charge in [0.2, 0.25) is 0 Å². The maximum Gasteiger partial charge on any atom is 0.00420 e. The number of rotatable bonds is 5. The molecule has 0 aliphatic heterocycles. The van der Waals surface area contributed by atoms with E-state index in [2.05, 4.69) is 26.1 Å². The van der Waals surface area contributed by atoms with E-state index < -0.39 is 0 Å². The second kappa shape index (κ2) is 5.13. The van der Waals surface area contributed by atoms with Crippen molar-refractivity contribution in [2.75, 3.05) is 13.1 Å². The van der Waals surface area contributed by atoms with E-state index in [1.165, 1.54) is 25.7 Å². The van der Waals surface area contributed by atoms with Crippen LogP contribution in [0.4, 0.5) is 0 Å². The number of nitrogens with two attached hydrogens (primary N) is 1. The molecule has 1 fully saturated rings. The van der Waals surface area contributed by atoms with Crippen LogP contribution in [0.5, 0.6) is 0 Å². The van der Waals surface area contributed by atoms with E-state index in [-0.39, 0.29) is 0 Å². The van der Waals surface area contributed by atoms with E-state index in [1.54, 1.807) is 0 Å². The quantitative estimate of drug-likeness (QED) is 0.710. The van der Waals surface area contributed by atoms with Crippen LogP contribution in [0.1, 0.15) is 46.5 Å². The zero-order chi connectivity index (χ0) is 10.6. The third-order valence-electron chi connectivity index (χ3n) is 3.58. The van der Waals surface area contributed by atoms with Crippen LogP contribution >= 0.6 is 0 Å². The molecule has 3 N–H and O–H groups in total. The van der Waals surface area contributed by atoms with E-state index in [0.717, 1.165) is 19.0 Å². The van der Waals surface area contributed by atoms with Crippen molar-refractivity contribution in [3.8, 4) is 0 Å². The molecule has 0 amide bonds. The molecule has 0 aromatic carbocycles. The summed E-state index contributed by atoms with van der Waals surface area (Å²) in [6, 6.07) is 0.473. The van der Waals surface area contributed by atoms with Gasteiger partial charge < -0.3 is 11.1 Å². The van der Waals surface area contributed by atoms with Crippen LogP contribution in [-0.2, 0) is 0 Å². The summed E-state index contributed by atoms with van der Waals surface area (Å²) in [6.45, 7) is 9.19. The molecule has 0 radical (unpaired) electrons. The number of hydrogen-bond acceptors (Lipinski definition) is 2. The molecule has 14 heavy (non-hydrogen) atoms. The lowest BCUT2D eigenvalue weighted by atomic mass is 9.90. The van der Waals surface area contributed by atoms with Crippen LogP contribution in [0.15, 0.2) is 0 Å². The molecule has 0 spiro atoms. The van der Waals surface area contributed by atoms with Crippen molar-refractivity contribution < 1.29 is 0 Å². The SMILES string of the molecule is CCC(C)(C)CNCC1CCC(N)C1. The van der Waals surface area contributed by atoms with Gasteiger partial charge in [0.15, 0.2) is 0 Å². The first kappa shape index (κ1) is 12.0. The van der Waals surface area contributed by atoms with Gasteiger partial charge in [-0.15, -0.1) is 0 Å². The molecule has 2 heteroatoms. The van der Waals surface area contributed by atoms with Crippen molar-refractivity contribution in [3.63, 3.8) is 0 Å². The Kier molecular flexibility index (Phi) is 4.39. The Morgan fingerprint density at radius 3 is 2.57 bits per heavy atom. The third kappa shape index (κ3) is 3.97. The molecular formula is C12H26N2. The molecule has 1 aliphatic carbocycles. The Morgan fingerprint density at radius 2 is 2.07 bits per heavy atom. The Balaban J connectivity index is 2.10.